The predicted octanol–water partition coefficient (Wildman–Crippen LogP) is 0.437. The van der Waals surface area contributed by atoms with Crippen molar-refractivity contribution in [2.24, 2.45) is 0 Å². The molecule has 0 aromatic carbocycles. The Hall–Kier alpha value is -1.80. The molecule has 0 amide bonds. The van der Waals surface area contributed by atoms with Crippen LogP contribution in [0.1, 0.15) is 0 Å². The fourth-order valence-corrected chi connectivity index (χ4v) is 0.695. The molecule has 1 heterocycles. The first-order valence-corrected chi connectivity index (χ1v) is 3.79. The molecule has 0 atom stereocenters. The summed E-state index contributed by atoms with van der Waals surface area (Å²) < 4.78 is 39.6. The lowest BCUT2D eigenvalue weighted by Crippen LogP contribution is -2.20. The molecule has 0 bridgehead atoms. The SMILES string of the molecule is CNc1nc(N)nc(OCC(F)(F)F)n1. The third-order valence-electron chi connectivity index (χ3n) is 1.22. The van der Waals surface area contributed by atoms with Gasteiger partial charge in [0.25, 0.3) is 0 Å². The number of aromatic nitrogens is 3. The van der Waals surface area contributed by atoms with Gasteiger partial charge in [-0.25, -0.2) is 0 Å². The van der Waals surface area contributed by atoms with E-state index in [1.165, 1.54) is 7.05 Å². The number of rotatable bonds is 3. The molecule has 15 heavy (non-hydrogen) atoms. The maximum Gasteiger partial charge on any atom is 0.422 e. The minimum absolute atomic E-state index is 0.0414. The summed E-state index contributed by atoms with van der Waals surface area (Å²) in [6.07, 6.45) is -4.44. The minimum atomic E-state index is -4.44. The minimum Gasteiger partial charge on any atom is -0.454 e. The van der Waals surface area contributed by atoms with E-state index in [0.717, 1.165) is 0 Å². The third-order valence-corrected chi connectivity index (χ3v) is 1.22. The topological polar surface area (TPSA) is 86.0 Å². The molecule has 0 aliphatic heterocycles. The zero-order chi connectivity index (χ0) is 11.5. The van der Waals surface area contributed by atoms with Crippen molar-refractivity contribution in [3.8, 4) is 6.01 Å². The molecule has 1 aromatic heterocycles. The predicted molar refractivity (Wildman–Crippen MR) is 45.3 cm³/mol. The number of anilines is 2. The largest absolute Gasteiger partial charge is 0.454 e. The standard InChI is InChI=1S/C6H8F3N5O/c1-11-4-12-3(10)13-5(14-4)15-2-6(7,8)9/h2H2,1H3,(H3,10,11,12,13,14). The Morgan fingerprint density at radius 2 is 2.00 bits per heavy atom. The summed E-state index contributed by atoms with van der Waals surface area (Å²) in [5.74, 6) is -0.175. The number of nitrogens with zero attached hydrogens (tertiary/aromatic N) is 3. The van der Waals surface area contributed by atoms with Gasteiger partial charge >= 0.3 is 12.2 Å². The summed E-state index contributed by atoms with van der Waals surface area (Å²) in [5.41, 5.74) is 5.21. The van der Waals surface area contributed by atoms with E-state index < -0.39 is 18.8 Å². The van der Waals surface area contributed by atoms with Crippen molar-refractivity contribution in [3.63, 3.8) is 0 Å². The van der Waals surface area contributed by atoms with Gasteiger partial charge in [-0.15, -0.1) is 0 Å². The summed E-state index contributed by atoms with van der Waals surface area (Å²) in [6, 6.07) is -0.468. The van der Waals surface area contributed by atoms with Crippen molar-refractivity contribution in [2.45, 2.75) is 6.18 Å². The first kappa shape index (κ1) is 11.3. The Kier molecular flexibility index (Phi) is 3.12. The third kappa shape index (κ3) is 3.83. The molecule has 9 heteroatoms. The lowest BCUT2D eigenvalue weighted by molar-refractivity contribution is -0.154. The molecule has 1 rings (SSSR count). The Labute approximate surface area is 82.7 Å². The smallest absolute Gasteiger partial charge is 0.422 e. The molecule has 0 aliphatic rings. The van der Waals surface area contributed by atoms with E-state index in [-0.39, 0.29) is 11.9 Å². The van der Waals surface area contributed by atoms with Crippen LogP contribution in [0.4, 0.5) is 25.1 Å². The quantitative estimate of drug-likeness (QED) is 0.773. The number of halogens is 3. The van der Waals surface area contributed by atoms with Crippen LogP contribution in [0.3, 0.4) is 0 Å². The highest BCUT2D eigenvalue weighted by Crippen LogP contribution is 2.16. The highest BCUT2D eigenvalue weighted by atomic mass is 19.4. The van der Waals surface area contributed by atoms with Gasteiger partial charge in [0, 0.05) is 7.05 Å². The zero-order valence-electron chi connectivity index (χ0n) is 7.67. The Bertz CT molecular complexity index is 342. The second-order valence-corrected chi connectivity index (χ2v) is 2.45. The summed E-state index contributed by atoms with van der Waals surface area (Å²) >= 11 is 0. The molecule has 6 nitrogen and oxygen atoms in total. The molecule has 0 aliphatic carbocycles. The van der Waals surface area contributed by atoms with Crippen LogP contribution in [0.15, 0.2) is 0 Å². The molecule has 0 unspecified atom stereocenters. The van der Waals surface area contributed by atoms with E-state index in [9.17, 15) is 13.2 Å². The summed E-state index contributed by atoms with van der Waals surface area (Å²) in [4.78, 5) is 10.5. The maximum absolute atomic E-state index is 11.8. The van der Waals surface area contributed by atoms with Crippen LogP contribution < -0.4 is 15.8 Å². The molecule has 0 saturated heterocycles. The summed E-state index contributed by atoms with van der Waals surface area (Å²) in [5, 5.41) is 2.50. The van der Waals surface area contributed by atoms with Gasteiger partial charge in [-0.3, -0.25) is 0 Å². The van der Waals surface area contributed by atoms with Crippen LogP contribution in [0.2, 0.25) is 0 Å². The highest BCUT2D eigenvalue weighted by Gasteiger charge is 2.29. The summed E-state index contributed by atoms with van der Waals surface area (Å²) in [7, 11) is 1.49. The maximum atomic E-state index is 11.8. The summed E-state index contributed by atoms with van der Waals surface area (Å²) in [6.45, 7) is -1.47. The second kappa shape index (κ2) is 4.15. The zero-order valence-corrected chi connectivity index (χ0v) is 7.67. The lowest BCUT2D eigenvalue weighted by Gasteiger charge is -2.08. The fraction of sp³-hybridized carbons (Fsp3) is 0.500. The molecule has 0 fully saturated rings. The van der Waals surface area contributed by atoms with Crippen LogP contribution >= 0.6 is 0 Å². The molecular weight excluding hydrogens is 215 g/mol. The number of alkyl halides is 3. The van der Waals surface area contributed by atoms with Gasteiger partial charge in [0.1, 0.15) is 0 Å². The molecule has 1 aromatic rings. The normalized spacial score (nSPS) is 11.2. The van der Waals surface area contributed by atoms with Crippen LogP contribution in [0, 0.1) is 0 Å². The number of nitrogens with one attached hydrogen (secondary N) is 1. The van der Waals surface area contributed by atoms with E-state index in [0.29, 0.717) is 0 Å². The van der Waals surface area contributed by atoms with Gasteiger partial charge in [-0.2, -0.15) is 28.1 Å². The molecule has 0 spiro atoms. The Morgan fingerprint density at radius 1 is 1.33 bits per heavy atom. The number of ether oxygens (including phenoxy) is 1. The number of nitrogen functional groups attached to an aromatic ring is 1. The monoisotopic (exact) mass is 223 g/mol. The first-order chi connectivity index (χ1) is 6.90. The Balaban J connectivity index is 2.73. The van der Waals surface area contributed by atoms with E-state index in [2.05, 4.69) is 25.0 Å². The van der Waals surface area contributed by atoms with Crippen LogP contribution in [0.25, 0.3) is 0 Å². The van der Waals surface area contributed by atoms with Crippen LogP contribution in [-0.4, -0.2) is 34.8 Å². The average molecular weight is 223 g/mol. The number of nitrogens with two attached hydrogens (primary N) is 1. The molecule has 3 N–H and O–H groups in total. The van der Waals surface area contributed by atoms with Crippen molar-refractivity contribution in [1.29, 1.82) is 0 Å². The van der Waals surface area contributed by atoms with Gasteiger partial charge < -0.3 is 15.8 Å². The van der Waals surface area contributed by atoms with Crippen LogP contribution in [0.5, 0.6) is 6.01 Å². The first-order valence-electron chi connectivity index (χ1n) is 3.79. The van der Waals surface area contributed by atoms with E-state index in [1.807, 2.05) is 0 Å². The van der Waals surface area contributed by atoms with Gasteiger partial charge in [0.05, 0.1) is 0 Å². The highest BCUT2D eigenvalue weighted by molar-refractivity contribution is 5.31. The van der Waals surface area contributed by atoms with Gasteiger partial charge in [-0.1, -0.05) is 0 Å². The fourth-order valence-electron chi connectivity index (χ4n) is 0.695. The number of hydrogen-bond donors (Lipinski definition) is 2. The Morgan fingerprint density at radius 3 is 2.53 bits per heavy atom. The van der Waals surface area contributed by atoms with Crippen molar-refractivity contribution >= 4 is 11.9 Å². The van der Waals surface area contributed by atoms with Gasteiger partial charge in [0.2, 0.25) is 11.9 Å². The van der Waals surface area contributed by atoms with E-state index in [1.54, 1.807) is 0 Å². The van der Waals surface area contributed by atoms with E-state index in [4.69, 9.17) is 5.73 Å². The molecule has 0 radical (unpaired) electrons. The van der Waals surface area contributed by atoms with Crippen molar-refractivity contribution in [1.82, 2.24) is 15.0 Å². The van der Waals surface area contributed by atoms with Crippen molar-refractivity contribution in [3.05, 3.63) is 0 Å². The molecule has 0 saturated carbocycles. The van der Waals surface area contributed by atoms with Crippen molar-refractivity contribution in [2.75, 3.05) is 24.7 Å². The second-order valence-electron chi connectivity index (χ2n) is 2.45. The lowest BCUT2D eigenvalue weighted by atomic mass is 10.7. The molecule has 84 valence electrons. The van der Waals surface area contributed by atoms with E-state index >= 15 is 0 Å². The van der Waals surface area contributed by atoms with Gasteiger partial charge in [0.15, 0.2) is 6.61 Å². The average Bonchev–Trinajstić information content (AvgIpc) is 2.13. The van der Waals surface area contributed by atoms with Gasteiger partial charge in [-0.05, 0) is 0 Å². The number of hydrogen-bond acceptors (Lipinski definition) is 6. The van der Waals surface area contributed by atoms with Crippen molar-refractivity contribution < 1.29 is 17.9 Å². The van der Waals surface area contributed by atoms with Crippen LogP contribution in [-0.2, 0) is 0 Å². The molecular formula is C6H8F3N5O.